The zero-order valence-electron chi connectivity index (χ0n) is 10.5. The summed E-state index contributed by atoms with van der Waals surface area (Å²) in [6, 6.07) is 4.41. The molecule has 6 heteroatoms. The van der Waals surface area contributed by atoms with Crippen molar-refractivity contribution in [3.63, 3.8) is 0 Å². The molecule has 4 nitrogen and oxygen atoms in total. The van der Waals surface area contributed by atoms with Gasteiger partial charge in [0, 0.05) is 24.0 Å². The number of rotatable bonds is 3. The van der Waals surface area contributed by atoms with Crippen LogP contribution in [0.15, 0.2) is 43.0 Å². The lowest BCUT2D eigenvalue weighted by Crippen LogP contribution is -2.13. The molecule has 0 aliphatic carbocycles. The summed E-state index contributed by atoms with van der Waals surface area (Å²) in [6.45, 7) is 0. The lowest BCUT2D eigenvalue weighted by molar-refractivity contribution is 0.622. The van der Waals surface area contributed by atoms with Gasteiger partial charge in [-0.1, -0.05) is 23.7 Å². The van der Waals surface area contributed by atoms with Gasteiger partial charge in [-0.2, -0.15) is 5.10 Å². The van der Waals surface area contributed by atoms with Crippen LogP contribution >= 0.6 is 11.6 Å². The van der Waals surface area contributed by atoms with Crippen molar-refractivity contribution in [1.82, 2.24) is 14.6 Å². The number of halogens is 2. The molecule has 2 heterocycles. The van der Waals surface area contributed by atoms with Gasteiger partial charge in [-0.25, -0.2) is 8.91 Å². The second-order valence-electron chi connectivity index (χ2n) is 4.53. The summed E-state index contributed by atoms with van der Waals surface area (Å²) in [7, 11) is 0. The Kier molecular flexibility index (Phi) is 3.38. The normalized spacial score (nSPS) is 12.8. The molecule has 1 aromatic carbocycles. The molecule has 0 saturated carbocycles. The van der Waals surface area contributed by atoms with Crippen LogP contribution in [-0.4, -0.2) is 14.6 Å². The third-order valence-electron chi connectivity index (χ3n) is 3.23. The summed E-state index contributed by atoms with van der Waals surface area (Å²) < 4.78 is 15.1. The molecule has 0 aliphatic heterocycles. The third-order valence-corrected chi connectivity index (χ3v) is 3.65. The van der Waals surface area contributed by atoms with Crippen molar-refractivity contribution in [1.29, 1.82) is 0 Å². The Morgan fingerprint density at radius 2 is 2.20 bits per heavy atom. The number of hydrogen-bond donors (Lipinski definition) is 1. The summed E-state index contributed by atoms with van der Waals surface area (Å²) in [4.78, 5) is 4.06. The maximum Gasteiger partial charge on any atom is 0.142 e. The van der Waals surface area contributed by atoms with E-state index in [4.69, 9.17) is 17.3 Å². The predicted octanol–water partition coefficient (Wildman–Crippen LogP) is 2.76. The molecule has 0 aliphatic rings. The highest BCUT2D eigenvalue weighted by molar-refractivity contribution is 6.31. The van der Waals surface area contributed by atoms with Crippen LogP contribution in [0.4, 0.5) is 4.39 Å². The summed E-state index contributed by atoms with van der Waals surface area (Å²) in [5.74, 6) is -0.433. The zero-order chi connectivity index (χ0) is 14.1. The molecular formula is C14H12ClFN4. The van der Waals surface area contributed by atoms with Crippen molar-refractivity contribution in [2.24, 2.45) is 5.73 Å². The molecule has 0 saturated heterocycles. The Balaban J connectivity index is 1.93. The Morgan fingerprint density at radius 1 is 1.35 bits per heavy atom. The first-order chi connectivity index (χ1) is 9.66. The molecule has 1 atom stereocenters. The largest absolute Gasteiger partial charge is 0.324 e. The first kappa shape index (κ1) is 13.0. The van der Waals surface area contributed by atoms with E-state index in [1.807, 2.05) is 0 Å². The molecular weight excluding hydrogens is 279 g/mol. The molecule has 3 aromatic rings. The van der Waals surface area contributed by atoms with Gasteiger partial charge in [-0.15, -0.1) is 0 Å². The van der Waals surface area contributed by atoms with Gasteiger partial charge in [0.15, 0.2) is 0 Å². The quantitative estimate of drug-likeness (QED) is 0.807. The highest BCUT2D eigenvalue weighted by Gasteiger charge is 2.15. The summed E-state index contributed by atoms with van der Waals surface area (Å²) in [5.41, 5.74) is 8.58. The summed E-state index contributed by atoms with van der Waals surface area (Å²) >= 11 is 5.95. The Labute approximate surface area is 120 Å². The average molecular weight is 291 g/mol. The maximum absolute atomic E-state index is 13.4. The van der Waals surface area contributed by atoms with Crippen molar-refractivity contribution < 1.29 is 4.39 Å². The molecule has 0 radical (unpaired) electrons. The number of benzene rings is 1. The molecule has 3 rings (SSSR count). The molecule has 0 amide bonds. The van der Waals surface area contributed by atoms with Gasteiger partial charge in [0.25, 0.3) is 0 Å². The van der Waals surface area contributed by atoms with E-state index in [0.29, 0.717) is 12.0 Å². The minimum Gasteiger partial charge on any atom is -0.324 e. The first-order valence-corrected chi connectivity index (χ1v) is 6.50. The van der Waals surface area contributed by atoms with Crippen LogP contribution in [0.2, 0.25) is 5.02 Å². The van der Waals surface area contributed by atoms with E-state index >= 15 is 0 Å². The number of fused-ring (bicyclic) bond motifs is 1. The van der Waals surface area contributed by atoms with E-state index in [1.165, 1.54) is 6.07 Å². The van der Waals surface area contributed by atoms with Crippen molar-refractivity contribution in [3.05, 3.63) is 65.0 Å². The minimum atomic E-state index is -0.433. The molecule has 0 fully saturated rings. The van der Waals surface area contributed by atoms with Crippen LogP contribution in [0.25, 0.3) is 5.52 Å². The summed E-state index contributed by atoms with van der Waals surface area (Å²) in [5, 5.41) is 4.33. The van der Waals surface area contributed by atoms with Crippen molar-refractivity contribution in [2.45, 2.75) is 12.5 Å². The lowest BCUT2D eigenvalue weighted by atomic mass is 10.0. The first-order valence-electron chi connectivity index (χ1n) is 6.12. The van der Waals surface area contributed by atoms with E-state index < -0.39 is 5.82 Å². The van der Waals surface area contributed by atoms with Gasteiger partial charge in [0.2, 0.25) is 0 Å². The zero-order valence-corrected chi connectivity index (χ0v) is 11.3. The SMILES string of the molecule is NC(Cc1cccc(F)c1Cl)c1cnn2ccncc12. The minimum absolute atomic E-state index is 0.123. The molecule has 2 N–H and O–H groups in total. The number of nitrogens with zero attached hydrogens (tertiary/aromatic N) is 3. The number of nitrogens with two attached hydrogens (primary N) is 1. The van der Waals surface area contributed by atoms with E-state index in [2.05, 4.69) is 10.1 Å². The third kappa shape index (κ3) is 2.26. The fraction of sp³-hybridized carbons (Fsp3) is 0.143. The molecule has 2 aromatic heterocycles. The molecule has 0 spiro atoms. The molecule has 0 bridgehead atoms. The fourth-order valence-electron chi connectivity index (χ4n) is 2.19. The Bertz CT molecular complexity index is 756. The fourth-order valence-corrected chi connectivity index (χ4v) is 2.39. The van der Waals surface area contributed by atoms with Crippen LogP contribution in [-0.2, 0) is 6.42 Å². The molecule has 20 heavy (non-hydrogen) atoms. The van der Waals surface area contributed by atoms with Crippen LogP contribution < -0.4 is 5.73 Å². The Morgan fingerprint density at radius 3 is 3.05 bits per heavy atom. The smallest absolute Gasteiger partial charge is 0.142 e. The topological polar surface area (TPSA) is 56.2 Å². The second kappa shape index (κ2) is 5.19. The van der Waals surface area contributed by atoms with E-state index in [9.17, 15) is 4.39 Å². The van der Waals surface area contributed by atoms with Gasteiger partial charge >= 0.3 is 0 Å². The van der Waals surface area contributed by atoms with Gasteiger partial charge in [-0.05, 0) is 18.1 Å². The monoisotopic (exact) mass is 290 g/mol. The highest BCUT2D eigenvalue weighted by Crippen LogP contribution is 2.26. The van der Waals surface area contributed by atoms with Gasteiger partial charge in [-0.3, -0.25) is 4.98 Å². The summed E-state index contributed by atoms with van der Waals surface area (Å²) in [6.07, 6.45) is 7.25. The highest BCUT2D eigenvalue weighted by atomic mass is 35.5. The van der Waals surface area contributed by atoms with Crippen molar-refractivity contribution in [3.8, 4) is 0 Å². The van der Waals surface area contributed by atoms with Gasteiger partial charge in [0.05, 0.1) is 22.9 Å². The van der Waals surface area contributed by atoms with Crippen LogP contribution in [0.1, 0.15) is 17.2 Å². The lowest BCUT2D eigenvalue weighted by Gasteiger charge is -2.12. The van der Waals surface area contributed by atoms with E-state index in [0.717, 1.165) is 11.1 Å². The van der Waals surface area contributed by atoms with E-state index in [-0.39, 0.29) is 11.1 Å². The van der Waals surface area contributed by atoms with E-state index in [1.54, 1.807) is 41.4 Å². The van der Waals surface area contributed by atoms with Crippen LogP contribution in [0.3, 0.4) is 0 Å². The predicted molar refractivity (Wildman–Crippen MR) is 75.0 cm³/mol. The van der Waals surface area contributed by atoms with Gasteiger partial charge in [0.1, 0.15) is 5.82 Å². The molecule has 102 valence electrons. The number of hydrogen-bond acceptors (Lipinski definition) is 3. The maximum atomic E-state index is 13.4. The molecule has 1 unspecified atom stereocenters. The van der Waals surface area contributed by atoms with Crippen molar-refractivity contribution >= 4 is 17.1 Å². The second-order valence-corrected chi connectivity index (χ2v) is 4.91. The van der Waals surface area contributed by atoms with Gasteiger partial charge < -0.3 is 5.73 Å². The van der Waals surface area contributed by atoms with Crippen molar-refractivity contribution in [2.75, 3.05) is 0 Å². The number of aromatic nitrogens is 3. The average Bonchev–Trinajstić information content (AvgIpc) is 2.88. The van der Waals surface area contributed by atoms with Crippen LogP contribution in [0.5, 0.6) is 0 Å². The standard InChI is InChI=1S/C14H12ClFN4/c15-14-9(2-1-3-11(14)16)6-12(17)10-7-19-20-5-4-18-8-13(10)20/h1-5,7-8,12H,6,17H2. The van der Waals surface area contributed by atoms with Crippen LogP contribution in [0, 0.1) is 5.82 Å². The Hall–Kier alpha value is -1.98.